The van der Waals surface area contributed by atoms with Gasteiger partial charge in [0, 0.05) is 44.8 Å². The van der Waals surface area contributed by atoms with Crippen LogP contribution in [0.3, 0.4) is 0 Å². The van der Waals surface area contributed by atoms with E-state index in [2.05, 4.69) is 22.3 Å². The number of benzene rings is 1. The van der Waals surface area contributed by atoms with Gasteiger partial charge in [0.2, 0.25) is 5.91 Å². The Morgan fingerprint density at radius 2 is 1.71 bits per heavy atom. The molecule has 1 heterocycles. The number of amides is 2. The number of alkyl carbamates (subject to hydrolysis) is 1. The summed E-state index contributed by atoms with van der Waals surface area (Å²) in [6.07, 6.45) is -0.186. The Labute approximate surface area is 143 Å². The van der Waals surface area contributed by atoms with Crippen molar-refractivity contribution in [3.8, 4) is 0 Å². The average molecular weight is 333 g/mol. The van der Waals surface area contributed by atoms with Crippen LogP contribution in [-0.2, 0) is 9.53 Å². The van der Waals surface area contributed by atoms with E-state index in [1.165, 1.54) is 5.69 Å². The predicted molar refractivity (Wildman–Crippen MR) is 94.1 cm³/mol. The van der Waals surface area contributed by atoms with Gasteiger partial charge in [0.05, 0.1) is 0 Å². The normalized spacial score (nSPS) is 15.1. The zero-order chi connectivity index (χ0) is 17.6. The van der Waals surface area contributed by atoms with Gasteiger partial charge in [-0.25, -0.2) is 4.79 Å². The number of rotatable bonds is 4. The first-order valence-corrected chi connectivity index (χ1v) is 8.40. The third-order valence-corrected chi connectivity index (χ3v) is 3.76. The molecule has 1 aromatic carbocycles. The highest BCUT2D eigenvalue weighted by Crippen LogP contribution is 2.15. The standard InChI is InChI=1S/C18H27N3O3/c1-18(2,3)24-17(23)19-10-9-16(22)21-13-11-20(12-14-21)15-7-5-4-6-8-15/h4-8H,9-14H2,1-3H3,(H,19,23). The van der Waals surface area contributed by atoms with Crippen molar-refractivity contribution in [1.29, 1.82) is 0 Å². The quantitative estimate of drug-likeness (QED) is 0.918. The predicted octanol–water partition coefficient (Wildman–Crippen LogP) is 2.25. The summed E-state index contributed by atoms with van der Waals surface area (Å²) < 4.78 is 5.15. The first-order chi connectivity index (χ1) is 11.3. The minimum atomic E-state index is -0.526. The van der Waals surface area contributed by atoms with E-state index >= 15 is 0 Å². The first-order valence-electron chi connectivity index (χ1n) is 8.40. The SMILES string of the molecule is CC(C)(C)OC(=O)NCCC(=O)N1CCN(c2ccccc2)CC1. The zero-order valence-corrected chi connectivity index (χ0v) is 14.7. The average Bonchev–Trinajstić information content (AvgIpc) is 2.54. The number of para-hydroxylation sites is 1. The second-order valence-electron chi connectivity index (χ2n) is 6.88. The molecule has 0 aliphatic carbocycles. The second kappa shape index (κ2) is 8.04. The van der Waals surface area contributed by atoms with Gasteiger partial charge >= 0.3 is 6.09 Å². The molecule has 132 valence electrons. The summed E-state index contributed by atoms with van der Waals surface area (Å²) in [4.78, 5) is 27.9. The van der Waals surface area contributed by atoms with Crippen molar-refractivity contribution in [2.75, 3.05) is 37.6 Å². The van der Waals surface area contributed by atoms with Crippen molar-refractivity contribution >= 4 is 17.7 Å². The molecule has 0 spiro atoms. The molecule has 1 fully saturated rings. The van der Waals surface area contributed by atoms with Crippen LogP contribution < -0.4 is 10.2 Å². The van der Waals surface area contributed by atoms with E-state index in [9.17, 15) is 9.59 Å². The Morgan fingerprint density at radius 1 is 1.08 bits per heavy atom. The Balaban J connectivity index is 1.69. The van der Waals surface area contributed by atoms with E-state index in [4.69, 9.17) is 4.74 Å². The minimum Gasteiger partial charge on any atom is -0.444 e. The molecule has 1 aliphatic heterocycles. The van der Waals surface area contributed by atoms with Crippen LogP contribution in [0.15, 0.2) is 30.3 Å². The molecule has 6 heteroatoms. The smallest absolute Gasteiger partial charge is 0.407 e. The van der Waals surface area contributed by atoms with E-state index in [-0.39, 0.29) is 5.91 Å². The van der Waals surface area contributed by atoms with Crippen molar-refractivity contribution in [1.82, 2.24) is 10.2 Å². The summed E-state index contributed by atoms with van der Waals surface area (Å²) >= 11 is 0. The molecule has 2 rings (SSSR count). The summed E-state index contributed by atoms with van der Waals surface area (Å²) in [5, 5.41) is 2.62. The van der Waals surface area contributed by atoms with Crippen molar-refractivity contribution in [3.05, 3.63) is 30.3 Å². The molecule has 2 amide bonds. The van der Waals surface area contributed by atoms with E-state index in [1.807, 2.05) is 43.9 Å². The van der Waals surface area contributed by atoms with Gasteiger partial charge in [-0.3, -0.25) is 4.79 Å². The molecule has 1 aromatic rings. The second-order valence-corrected chi connectivity index (χ2v) is 6.88. The maximum Gasteiger partial charge on any atom is 0.407 e. The maximum atomic E-state index is 12.2. The molecule has 1 saturated heterocycles. The zero-order valence-electron chi connectivity index (χ0n) is 14.7. The van der Waals surface area contributed by atoms with Crippen molar-refractivity contribution in [3.63, 3.8) is 0 Å². The topological polar surface area (TPSA) is 61.9 Å². The molecule has 0 atom stereocenters. The lowest BCUT2D eigenvalue weighted by atomic mass is 10.2. The number of hydrogen-bond donors (Lipinski definition) is 1. The molecular weight excluding hydrogens is 306 g/mol. The molecule has 0 saturated carbocycles. The molecular formula is C18H27N3O3. The van der Waals surface area contributed by atoms with Crippen LogP contribution in [-0.4, -0.2) is 55.2 Å². The number of hydrogen-bond acceptors (Lipinski definition) is 4. The van der Waals surface area contributed by atoms with Gasteiger partial charge in [-0.15, -0.1) is 0 Å². The van der Waals surface area contributed by atoms with Crippen LogP contribution in [0.25, 0.3) is 0 Å². The van der Waals surface area contributed by atoms with Gasteiger partial charge in [0.15, 0.2) is 0 Å². The fraction of sp³-hybridized carbons (Fsp3) is 0.556. The van der Waals surface area contributed by atoms with Crippen molar-refractivity contribution < 1.29 is 14.3 Å². The highest BCUT2D eigenvalue weighted by atomic mass is 16.6. The van der Waals surface area contributed by atoms with Gasteiger partial charge in [-0.1, -0.05) is 18.2 Å². The number of nitrogens with zero attached hydrogens (tertiary/aromatic N) is 2. The Bertz CT molecular complexity index is 546. The van der Waals surface area contributed by atoms with Crippen LogP contribution in [0.5, 0.6) is 0 Å². The van der Waals surface area contributed by atoms with Gasteiger partial charge in [0.1, 0.15) is 5.60 Å². The lowest BCUT2D eigenvalue weighted by molar-refractivity contribution is -0.131. The molecule has 0 unspecified atom stereocenters. The number of ether oxygens (including phenoxy) is 1. The van der Waals surface area contributed by atoms with Crippen LogP contribution in [0.4, 0.5) is 10.5 Å². The Morgan fingerprint density at radius 3 is 2.29 bits per heavy atom. The third-order valence-electron chi connectivity index (χ3n) is 3.76. The maximum absolute atomic E-state index is 12.2. The Kier molecular flexibility index (Phi) is 6.06. The number of carbonyl (C=O) groups is 2. The molecule has 1 N–H and O–H groups in total. The molecule has 1 aliphatic rings. The first kappa shape index (κ1) is 18.1. The van der Waals surface area contributed by atoms with Crippen LogP contribution in [0.1, 0.15) is 27.2 Å². The Hall–Kier alpha value is -2.24. The fourth-order valence-corrected chi connectivity index (χ4v) is 2.60. The van der Waals surface area contributed by atoms with E-state index in [0.29, 0.717) is 26.1 Å². The van der Waals surface area contributed by atoms with E-state index in [1.54, 1.807) is 0 Å². The van der Waals surface area contributed by atoms with Crippen molar-refractivity contribution in [2.24, 2.45) is 0 Å². The summed E-state index contributed by atoms with van der Waals surface area (Å²) in [5.41, 5.74) is 0.665. The van der Waals surface area contributed by atoms with Crippen LogP contribution >= 0.6 is 0 Å². The number of carbonyl (C=O) groups excluding carboxylic acids is 2. The largest absolute Gasteiger partial charge is 0.444 e. The number of anilines is 1. The van der Waals surface area contributed by atoms with E-state index < -0.39 is 11.7 Å². The summed E-state index contributed by atoms with van der Waals surface area (Å²) in [5.74, 6) is 0.0683. The molecule has 0 bridgehead atoms. The fourth-order valence-electron chi connectivity index (χ4n) is 2.60. The lowest BCUT2D eigenvalue weighted by Crippen LogP contribution is -2.49. The third kappa shape index (κ3) is 5.76. The molecule has 0 radical (unpaired) electrons. The van der Waals surface area contributed by atoms with Gasteiger partial charge in [0.25, 0.3) is 0 Å². The van der Waals surface area contributed by atoms with Crippen molar-refractivity contribution in [2.45, 2.75) is 32.8 Å². The summed E-state index contributed by atoms with van der Waals surface area (Å²) in [6, 6.07) is 10.2. The number of piperazine rings is 1. The number of nitrogens with one attached hydrogen (secondary N) is 1. The highest BCUT2D eigenvalue weighted by Gasteiger charge is 2.21. The summed E-state index contributed by atoms with van der Waals surface area (Å²) in [7, 11) is 0. The van der Waals surface area contributed by atoms with Gasteiger partial charge in [-0.2, -0.15) is 0 Å². The van der Waals surface area contributed by atoms with E-state index in [0.717, 1.165) is 13.1 Å². The highest BCUT2D eigenvalue weighted by molar-refractivity contribution is 5.77. The molecule has 0 aromatic heterocycles. The lowest BCUT2D eigenvalue weighted by Gasteiger charge is -2.36. The summed E-state index contributed by atoms with van der Waals surface area (Å²) in [6.45, 7) is 8.80. The van der Waals surface area contributed by atoms with Gasteiger partial charge in [-0.05, 0) is 32.9 Å². The van der Waals surface area contributed by atoms with Crippen LogP contribution in [0.2, 0.25) is 0 Å². The van der Waals surface area contributed by atoms with Crippen LogP contribution in [0, 0.1) is 0 Å². The molecule has 24 heavy (non-hydrogen) atoms. The minimum absolute atomic E-state index is 0.0683. The van der Waals surface area contributed by atoms with Gasteiger partial charge < -0.3 is 19.9 Å². The molecule has 6 nitrogen and oxygen atoms in total. The monoisotopic (exact) mass is 333 g/mol.